The molecule has 1 saturated carbocycles. The van der Waals surface area contributed by atoms with Crippen LogP contribution in [0.15, 0.2) is 36.8 Å². The van der Waals surface area contributed by atoms with E-state index in [2.05, 4.69) is 20.6 Å². The second-order valence-electron chi connectivity index (χ2n) is 6.16. The van der Waals surface area contributed by atoms with Gasteiger partial charge >= 0.3 is 0 Å². The summed E-state index contributed by atoms with van der Waals surface area (Å²) in [4.78, 5) is 20.4. The summed E-state index contributed by atoms with van der Waals surface area (Å²) in [6, 6.07) is 5.29. The Labute approximate surface area is 153 Å². The molecule has 0 unspecified atom stereocenters. The molecule has 7 heteroatoms. The third-order valence-electron chi connectivity index (χ3n) is 4.30. The Morgan fingerprint density at radius 3 is 2.77 bits per heavy atom. The molecule has 1 aliphatic carbocycles. The fourth-order valence-corrected chi connectivity index (χ4v) is 2.95. The average molecular weight is 356 g/mol. The number of rotatable bonds is 8. The van der Waals surface area contributed by atoms with Crippen LogP contribution in [0.25, 0.3) is 0 Å². The van der Waals surface area contributed by atoms with E-state index in [0.717, 1.165) is 12.8 Å². The monoisotopic (exact) mass is 356 g/mol. The van der Waals surface area contributed by atoms with Gasteiger partial charge in [0.2, 0.25) is 0 Å². The van der Waals surface area contributed by atoms with E-state index in [-0.39, 0.29) is 12.0 Å². The summed E-state index contributed by atoms with van der Waals surface area (Å²) >= 11 is 0. The zero-order valence-electron chi connectivity index (χ0n) is 14.9. The van der Waals surface area contributed by atoms with Crippen LogP contribution in [0.3, 0.4) is 0 Å². The number of benzene rings is 1. The lowest BCUT2D eigenvalue weighted by atomic mass is 10.2. The quantitative estimate of drug-likeness (QED) is 0.707. The summed E-state index contributed by atoms with van der Waals surface area (Å²) in [5.74, 6) is 1.80. The van der Waals surface area contributed by atoms with Gasteiger partial charge in [-0.2, -0.15) is 0 Å². The van der Waals surface area contributed by atoms with E-state index in [4.69, 9.17) is 9.47 Å². The van der Waals surface area contributed by atoms with Crippen LogP contribution in [-0.4, -0.2) is 42.2 Å². The standard InChI is InChI=1S/C19H24N4O3/c1-25-17-12-14(6-7-16(17)26-15-4-2-3-5-15)19(24)23-11-10-22-18-13-20-8-9-21-18/h6-9,12-13,15H,2-5,10-11H2,1H3,(H,21,22)(H,23,24). The summed E-state index contributed by atoms with van der Waals surface area (Å²) in [6.07, 6.45) is 9.66. The normalized spacial score (nSPS) is 14.0. The third-order valence-corrected chi connectivity index (χ3v) is 4.30. The highest BCUT2D eigenvalue weighted by Crippen LogP contribution is 2.32. The second-order valence-corrected chi connectivity index (χ2v) is 6.16. The molecular formula is C19H24N4O3. The minimum absolute atomic E-state index is 0.156. The van der Waals surface area contributed by atoms with E-state index < -0.39 is 0 Å². The van der Waals surface area contributed by atoms with E-state index in [0.29, 0.717) is 36.0 Å². The highest BCUT2D eigenvalue weighted by atomic mass is 16.5. The second kappa shape index (κ2) is 9.03. The molecule has 1 aromatic carbocycles. The molecule has 1 aliphatic rings. The number of aromatic nitrogens is 2. The first-order chi connectivity index (χ1) is 12.8. The first kappa shape index (κ1) is 18.0. The minimum Gasteiger partial charge on any atom is -0.493 e. The molecule has 26 heavy (non-hydrogen) atoms. The SMILES string of the molecule is COc1cc(C(=O)NCCNc2cnccn2)ccc1OC1CCCC1. The Hall–Kier alpha value is -2.83. The van der Waals surface area contributed by atoms with Crippen LogP contribution in [0.4, 0.5) is 5.82 Å². The van der Waals surface area contributed by atoms with Crippen molar-refractivity contribution in [2.75, 3.05) is 25.5 Å². The predicted octanol–water partition coefficient (Wildman–Crippen LogP) is 2.65. The Morgan fingerprint density at radius 2 is 2.04 bits per heavy atom. The molecule has 2 aromatic rings. The van der Waals surface area contributed by atoms with Crippen molar-refractivity contribution in [2.45, 2.75) is 31.8 Å². The van der Waals surface area contributed by atoms with Crippen molar-refractivity contribution < 1.29 is 14.3 Å². The Balaban J connectivity index is 1.51. The zero-order valence-corrected chi connectivity index (χ0v) is 14.9. The number of ether oxygens (including phenoxy) is 2. The molecule has 0 radical (unpaired) electrons. The maximum atomic E-state index is 12.3. The van der Waals surface area contributed by atoms with Crippen molar-refractivity contribution >= 4 is 11.7 Å². The van der Waals surface area contributed by atoms with Crippen molar-refractivity contribution in [3.05, 3.63) is 42.4 Å². The van der Waals surface area contributed by atoms with Gasteiger partial charge in [0.25, 0.3) is 5.91 Å². The molecule has 2 N–H and O–H groups in total. The van der Waals surface area contributed by atoms with Crippen LogP contribution in [0.2, 0.25) is 0 Å². The number of carbonyl (C=O) groups is 1. The van der Waals surface area contributed by atoms with Gasteiger partial charge in [-0.25, -0.2) is 4.98 Å². The molecule has 0 bridgehead atoms. The lowest BCUT2D eigenvalue weighted by molar-refractivity contribution is 0.0954. The summed E-state index contributed by atoms with van der Waals surface area (Å²) in [5, 5.41) is 5.96. The molecule has 138 valence electrons. The summed E-state index contributed by atoms with van der Waals surface area (Å²) in [5.41, 5.74) is 0.542. The summed E-state index contributed by atoms with van der Waals surface area (Å²) in [7, 11) is 1.59. The van der Waals surface area contributed by atoms with Crippen molar-refractivity contribution in [3.63, 3.8) is 0 Å². The number of amides is 1. The lowest BCUT2D eigenvalue weighted by Crippen LogP contribution is -2.29. The fourth-order valence-electron chi connectivity index (χ4n) is 2.95. The lowest BCUT2D eigenvalue weighted by Gasteiger charge is -2.16. The van der Waals surface area contributed by atoms with Crippen molar-refractivity contribution in [2.24, 2.45) is 0 Å². The first-order valence-corrected chi connectivity index (χ1v) is 8.89. The average Bonchev–Trinajstić information content (AvgIpc) is 3.19. The fraction of sp³-hybridized carbons (Fsp3) is 0.421. The number of nitrogens with zero attached hydrogens (tertiary/aromatic N) is 2. The first-order valence-electron chi connectivity index (χ1n) is 8.89. The number of methoxy groups -OCH3 is 1. The molecule has 1 heterocycles. The number of anilines is 1. The largest absolute Gasteiger partial charge is 0.493 e. The highest BCUT2D eigenvalue weighted by molar-refractivity contribution is 5.94. The number of hydrogen-bond donors (Lipinski definition) is 2. The van der Waals surface area contributed by atoms with Gasteiger partial charge < -0.3 is 20.1 Å². The molecule has 0 saturated heterocycles. The number of hydrogen-bond acceptors (Lipinski definition) is 6. The molecule has 0 atom stereocenters. The molecule has 3 rings (SSSR count). The van der Waals surface area contributed by atoms with E-state index in [1.807, 2.05) is 6.07 Å². The Morgan fingerprint density at radius 1 is 1.19 bits per heavy atom. The van der Waals surface area contributed by atoms with Crippen molar-refractivity contribution in [1.82, 2.24) is 15.3 Å². The van der Waals surface area contributed by atoms with Crippen molar-refractivity contribution in [3.8, 4) is 11.5 Å². The highest BCUT2D eigenvalue weighted by Gasteiger charge is 2.19. The molecule has 1 aromatic heterocycles. The zero-order chi connectivity index (χ0) is 18.2. The van der Waals surface area contributed by atoms with Crippen LogP contribution in [0.1, 0.15) is 36.0 Å². The molecule has 1 fully saturated rings. The number of nitrogens with one attached hydrogen (secondary N) is 2. The van der Waals surface area contributed by atoms with Gasteiger partial charge in [-0.15, -0.1) is 0 Å². The summed E-state index contributed by atoms with van der Waals surface area (Å²) < 4.78 is 11.4. The van der Waals surface area contributed by atoms with Gasteiger partial charge in [-0.3, -0.25) is 9.78 Å². The Kier molecular flexibility index (Phi) is 6.24. The number of carbonyl (C=O) groups excluding carboxylic acids is 1. The van der Waals surface area contributed by atoms with E-state index in [9.17, 15) is 4.79 Å². The van der Waals surface area contributed by atoms with Crippen LogP contribution in [-0.2, 0) is 0 Å². The van der Waals surface area contributed by atoms with Crippen LogP contribution < -0.4 is 20.1 Å². The van der Waals surface area contributed by atoms with E-state index in [1.54, 1.807) is 37.8 Å². The van der Waals surface area contributed by atoms with Crippen molar-refractivity contribution in [1.29, 1.82) is 0 Å². The maximum Gasteiger partial charge on any atom is 0.251 e. The molecule has 0 aliphatic heterocycles. The van der Waals surface area contributed by atoms with Gasteiger partial charge in [0.15, 0.2) is 11.5 Å². The molecule has 1 amide bonds. The third kappa shape index (κ3) is 4.84. The topological polar surface area (TPSA) is 85.4 Å². The Bertz CT molecular complexity index is 718. The molecular weight excluding hydrogens is 332 g/mol. The molecule has 7 nitrogen and oxygen atoms in total. The van der Waals surface area contributed by atoms with E-state index in [1.165, 1.54) is 12.8 Å². The van der Waals surface area contributed by atoms with Crippen LogP contribution >= 0.6 is 0 Å². The van der Waals surface area contributed by atoms with E-state index >= 15 is 0 Å². The van der Waals surface area contributed by atoms with Gasteiger partial charge in [-0.1, -0.05) is 0 Å². The minimum atomic E-state index is -0.156. The van der Waals surface area contributed by atoms with Crippen LogP contribution in [0, 0.1) is 0 Å². The smallest absolute Gasteiger partial charge is 0.251 e. The summed E-state index contributed by atoms with van der Waals surface area (Å²) in [6.45, 7) is 1.03. The van der Waals surface area contributed by atoms with Gasteiger partial charge in [-0.05, 0) is 43.9 Å². The van der Waals surface area contributed by atoms with Crippen LogP contribution in [0.5, 0.6) is 11.5 Å². The van der Waals surface area contributed by atoms with Gasteiger partial charge in [0.1, 0.15) is 5.82 Å². The van der Waals surface area contributed by atoms with Gasteiger partial charge in [0, 0.05) is 31.0 Å². The maximum absolute atomic E-state index is 12.3. The van der Waals surface area contributed by atoms with Gasteiger partial charge in [0.05, 0.1) is 19.4 Å². The predicted molar refractivity (Wildman–Crippen MR) is 98.7 cm³/mol. The molecule has 0 spiro atoms.